The number of rotatable bonds is 14. The van der Waals surface area contributed by atoms with E-state index < -0.39 is 13.2 Å². The second-order valence-electron chi connectivity index (χ2n) is 5.07. The van der Waals surface area contributed by atoms with Crippen molar-refractivity contribution in [3.05, 3.63) is 36.5 Å². The molecule has 0 aromatic heterocycles. The van der Waals surface area contributed by atoms with Crippen LogP contribution < -0.4 is 0 Å². The van der Waals surface area contributed by atoms with E-state index in [1.807, 2.05) is 19.1 Å². The SMILES string of the molecule is [2H]C([2H])([2H])C([2H])([2H])/C=C\C/C=C\C/C=C\CCCCCCCC(=O)OCC. The highest BCUT2D eigenvalue weighted by atomic mass is 16.5. The molecule has 0 aromatic rings. The summed E-state index contributed by atoms with van der Waals surface area (Å²) >= 11 is 0. The predicted octanol–water partition coefficient (Wildman–Crippen LogP) is 6.14. The molecule has 0 radical (unpaired) electrons. The Bertz CT molecular complexity index is 479. The molecule has 0 N–H and O–H groups in total. The van der Waals surface area contributed by atoms with Gasteiger partial charge in [0.15, 0.2) is 0 Å². The topological polar surface area (TPSA) is 26.3 Å². The van der Waals surface area contributed by atoms with Crippen molar-refractivity contribution in [1.82, 2.24) is 0 Å². The van der Waals surface area contributed by atoms with Gasteiger partial charge < -0.3 is 4.74 Å². The molecular formula is C20H34O2. The van der Waals surface area contributed by atoms with E-state index in [9.17, 15) is 4.79 Å². The minimum atomic E-state index is -2.63. The molecule has 0 saturated carbocycles. The summed E-state index contributed by atoms with van der Waals surface area (Å²) < 4.78 is 41.1. The van der Waals surface area contributed by atoms with Crippen molar-refractivity contribution < 1.29 is 16.4 Å². The van der Waals surface area contributed by atoms with Crippen LogP contribution in [-0.4, -0.2) is 12.6 Å². The van der Waals surface area contributed by atoms with Gasteiger partial charge in [-0.1, -0.05) is 62.6 Å². The average Bonchev–Trinajstić information content (AvgIpc) is 2.57. The zero-order chi connectivity index (χ0) is 20.6. The van der Waals surface area contributed by atoms with Crippen molar-refractivity contribution in [1.29, 1.82) is 0 Å². The molecule has 2 heteroatoms. The molecule has 0 amide bonds. The Labute approximate surface area is 144 Å². The largest absolute Gasteiger partial charge is 0.466 e. The molecule has 0 aliphatic rings. The highest BCUT2D eigenvalue weighted by Gasteiger charge is 2.00. The lowest BCUT2D eigenvalue weighted by atomic mass is 10.1. The highest BCUT2D eigenvalue weighted by Crippen LogP contribution is 2.08. The van der Waals surface area contributed by atoms with Gasteiger partial charge in [0, 0.05) is 13.3 Å². The molecule has 0 saturated heterocycles. The van der Waals surface area contributed by atoms with Crippen molar-refractivity contribution >= 4 is 5.97 Å². The van der Waals surface area contributed by atoms with Gasteiger partial charge in [-0.2, -0.15) is 0 Å². The van der Waals surface area contributed by atoms with Gasteiger partial charge in [0.2, 0.25) is 0 Å². The molecule has 126 valence electrons. The number of hydrogen-bond donors (Lipinski definition) is 0. The predicted molar refractivity (Wildman–Crippen MR) is 95.9 cm³/mol. The monoisotopic (exact) mass is 311 g/mol. The van der Waals surface area contributed by atoms with Crippen LogP contribution in [0.4, 0.5) is 0 Å². The van der Waals surface area contributed by atoms with Gasteiger partial charge in [0.1, 0.15) is 0 Å². The summed E-state index contributed by atoms with van der Waals surface area (Å²) in [6, 6.07) is 0. The van der Waals surface area contributed by atoms with Crippen LogP contribution in [0.3, 0.4) is 0 Å². The van der Waals surface area contributed by atoms with Gasteiger partial charge >= 0.3 is 5.97 Å². The first kappa shape index (κ1) is 13.2. The summed E-state index contributed by atoms with van der Waals surface area (Å²) in [6.45, 7) is -0.349. The van der Waals surface area contributed by atoms with Crippen LogP contribution in [0.25, 0.3) is 0 Å². The normalized spacial score (nSPS) is 16.5. The molecule has 0 spiro atoms. The summed E-state index contributed by atoms with van der Waals surface area (Å²) in [7, 11) is 0. The van der Waals surface area contributed by atoms with Crippen LogP contribution in [0.1, 0.15) is 84.8 Å². The lowest BCUT2D eigenvalue weighted by molar-refractivity contribution is -0.143. The van der Waals surface area contributed by atoms with Crippen LogP contribution in [0.15, 0.2) is 36.5 Å². The molecule has 0 rings (SSSR count). The Morgan fingerprint density at radius 2 is 1.59 bits per heavy atom. The third kappa shape index (κ3) is 16.7. The summed E-state index contributed by atoms with van der Waals surface area (Å²) in [5.74, 6) is -0.0973. The van der Waals surface area contributed by atoms with Crippen LogP contribution in [0, 0.1) is 0 Å². The Kier molecular flexibility index (Phi) is 10.6. The molecular weight excluding hydrogens is 272 g/mol. The Hall–Kier alpha value is -1.31. The fraction of sp³-hybridized carbons (Fsp3) is 0.650. The van der Waals surface area contributed by atoms with Crippen molar-refractivity contribution in [3.8, 4) is 0 Å². The molecule has 0 aliphatic heterocycles. The molecule has 0 aromatic carbocycles. The van der Waals surface area contributed by atoms with Crippen LogP contribution >= 0.6 is 0 Å². The second-order valence-corrected chi connectivity index (χ2v) is 5.07. The van der Waals surface area contributed by atoms with E-state index in [1.165, 1.54) is 6.42 Å². The third-order valence-corrected chi connectivity index (χ3v) is 3.14. The molecule has 0 fully saturated rings. The molecule has 22 heavy (non-hydrogen) atoms. The fourth-order valence-corrected chi connectivity index (χ4v) is 1.99. The quantitative estimate of drug-likeness (QED) is 0.219. The minimum Gasteiger partial charge on any atom is -0.466 e. The summed E-state index contributed by atoms with van der Waals surface area (Å²) in [5.41, 5.74) is 0. The zero-order valence-electron chi connectivity index (χ0n) is 18.9. The molecule has 0 aliphatic carbocycles. The van der Waals surface area contributed by atoms with Gasteiger partial charge in [-0.15, -0.1) is 0 Å². The molecule has 0 bridgehead atoms. The average molecular weight is 312 g/mol. The molecule has 0 heterocycles. The van der Waals surface area contributed by atoms with E-state index >= 15 is 0 Å². The van der Waals surface area contributed by atoms with E-state index in [2.05, 4.69) is 12.2 Å². The Morgan fingerprint density at radius 3 is 2.32 bits per heavy atom. The first-order valence-electron chi connectivity index (χ1n) is 10.8. The van der Waals surface area contributed by atoms with Gasteiger partial charge in [-0.25, -0.2) is 0 Å². The van der Waals surface area contributed by atoms with Gasteiger partial charge in [0.05, 0.1) is 6.61 Å². The van der Waals surface area contributed by atoms with E-state index in [-0.39, 0.29) is 5.97 Å². The number of hydrogen-bond acceptors (Lipinski definition) is 2. The highest BCUT2D eigenvalue weighted by molar-refractivity contribution is 5.69. The number of carbonyl (C=O) groups is 1. The minimum absolute atomic E-state index is 0.0973. The number of ether oxygens (including phenoxy) is 1. The molecule has 0 atom stereocenters. The van der Waals surface area contributed by atoms with E-state index in [1.54, 1.807) is 6.08 Å². The first-order chi connectivity index (χ1) is 12.7. The van der Waals surface area contributed by atoms with Gasteiger partial charge in [0.25, 0.3) is 0 Å². The summed E-state index contributed by atoms with van der Waals surface area (Å²) in [5, 5.41) is 0. The smallest absolute Gasteiger partial charge is 0.305 e. The fourth-order valence-electron chi connectivity index (χ4n) is 1.99. The third-order valence-electron chi connectivity index (χ3n) is 3.14. The number of allylic oxidation sites excluding steroid dienone is 6. The number of esters is 1. The number of unbranched alkanes of at least 4 members (excludes halogenated alkanes) is 5. The molecule has 2 nitrogen and oxygen atoms in total. The molecule has 0 unspecified atom stereocenters. The lowest BCUT2D eigenvalue weighted by Gasteiger charge is -2.01. The standard InChI is InChI=1S/C20H34O2/c1-3-5-6-7-8-9-10-11-12-13-14-15-16-17-18-19-20(21)22-4-2/h5-6,8-9,11-12H,3-4,7,10,13-19H2,1-2H3/b6-5-,9-8-,12-11-/i1D3,3D2. The maximum absolute atomic E-state index is 11.2. The van der Waals surface area contributed by atoms with Gasteiger partial charge in [-0.05, 0) is 45.4 Å². The first-order valence-corrected chi connectivity index (χ1v) is 8.34. The van der Waals surface area contributed by atoms with E-state index in [0.29, 0.717) is 19.4 Å². The van der Waals surface area contributed by atoms with Crippen LogP contribution in [0.5, 0.6) is 0 Å². The van der Waals surface area contributed by atoms with E-state index in [4.69, 9.17) is 11.6 Å². The summed E-state index contributed by atoms with van der Waals surface area (Å²) in [6.07, 6.45) is 16.9. The van der Waals surface area contributed by atoms with Gasteiger partial charge in [-0.3, -0.25) is 4.79 Å². The number of carbonyl (C=O) groups excluding carboxylic acids is 1. The van der Waals surface area contributed by atoms with Crippen molar-refractivity contribution in [3.63, 3.8) is 0 Å². The summed E-state index contributed by atoms with van der Waals surface area (Å²) in [4.78, 5) is 11.2. The van der Waals surface area contributed by atoms with Crippen LogP contribution in [0.2, 0.25) is 0 Å². The maximum atomic E-state index is 11.2. The lowest BCUT2D eigenvalue weighted by Crippen LogP contribution is -2.03. The maximum Gasteiger partial charge on any atom is 0.305 e. The van der Waals surface area contributed by atoms with E-state index in [0.717, 1.165) is 44.6 Å². The Morgan fingerprint density at radius 1 is 0.955 bits per heavy atom. The van der Waals surface area contributed by atoms with Crippen molar-refractivity contribution in [2.45, 2.75) is 77.9 Å². The van der Waals surface area contributed by atoms with Crippen molar-refractivity contribution in [2.75, 3.05) is 6.61 Å². The van der Waals surface area contributed by atoms with Crippen LogP contribution in [-0.2, 0) is 9.53 Å². The Balaban J connectivity index is 3.60. The van der Waals surface area contributed by atoms with Crippen molar-refractivity contribution in [2.24, 2.45) is 0 Å². The second kappa shape index (κ2) is 17.7. The zero-order valence-corrected chi connectivity index (χ0v) is 13.9.